The van der Waals surface area contributed by atoms with Gasteiger partial charge in [0.25, 0.3) is 0 Å². The molecule has 1 N–H and O–H groups in total. The quantitative estimate of drug-likeness (QED) is 0.788. The molecule has 1 aliphatic heterocycles. The van der Waals surface area contributed by atoms with Crippen molar-refractivity contribution in [2.24, 2.45) is 5.92 Å². The average molecular weight is 257 g/mol. The fraction of sp³-hybridized carbons (Fsp3) is 0.462. The van der Waals surface area contributed by atoms with Crippen LogP contribution >= 0.6 is 0 Å². The SMILES string of the molecule is C=C1CCn2cnc3ncnc(c32)N(O)C1C1CC1. The topological polar surface area (TPSA) is 67.1 Å². The van der Waals surface area contributed by atoms with Crippen molar-refractivity contribution in [1.29, 1.82) is 0 Å². The molecule has 2 aromatic rings. The molecule has 1 unspecified atom stereocenters. The highest BCUT2D eigenvalue weighted by molar-refractivity contribution is 5.83. The standard InChI is InChI=1S/C13H15N5O/c1-8-4-5-17-7-16-12-11(17)13(15-6-14-12)18(19)10(8)9-2-3-9/h6-7,9-10,19H,1-5H2. The van der Waals surface area contributed by atoms with Crippen LogP contribution in [-0.2, 0) is 6.54 Å². The molecule has 4 rings (SSSR count). The maximum absolute atomic E-state index is 10.6. The Hall–Kier alpha value is -1.95. The Morgan fingerprint density at radius 3 is 2.89 bits per heavy atom. The summed E-state index contributed by atoms with van der Waals surface area (Å²) in [4.78, 5) is 12.7. The minimum atomic E-state index is -0.0262. The largest absolute Gasteiger partial charge is 0.326 e. The molecular weight excluding hydrogens is 242 g/mol. The van der Waals surface area contributed by atoms with Gasteiger partial charge in [0, 0.05) is 6.54 Å². The minimum Gasteiger partial charge on any atom is -0.326 e. The maximum Gasteiger partial charge on any atom is 0.183 e. The zero-order valence-electron chi connectivity index (χ0n) is 10.5. The van der Waals surface area contributed by atoms with Crippen LogP contribution in [0.3, 0.4) is 0 Å². The molecule has 0 amide bonds. The van der Waals surface area contributed by atoms with Gasteiger partial charge in [-0.15, -0.1) is 0 Å². The molecule has 1 aliphatic carbocycles. The van der Waals surface area contributed by atoms with Gasteiger partial charge in [0.15, 0.2) is 11.5 Å². The summed E-state index contributed by atoms with van der Waals surface area (Å²) in [7, 11) is 0. The second-order valence-corrected chi connectivity index (χ2v) is 5.34. The number of aryl methyl sites for hydroxylation is 1. The van der Waals surface area contributed by atoms with E-state index in [9.17, 15) is 5.21 Å². The first kappa shape index (κ1) is 10.9. The van der Waals surface area contributed by atoms with Gasteiger partial charge in [0.1, 0.15) is 11.8 Å². The summed E-state index contributed by atoms with van der Waals surface area (Å²) in [5, 5.41) is 11.9. The Kier molecular flexibility index (Phi) is 2.17. The lowest BCUT2D eigenvalue weighted by Gasteiger charge is -2.31. The van der Waals surface area contributed by atoms with E-state index in [2.05, 4.69) is 21.5 Å². The van der Waals surface area contributed by atoms with Gasteiger partial charge < -0.3 is 4.57 Å². The summed E-state index contributed by atoms with van der Waals surface area (Å²) >= 11 is 0. The molecule has 2 aliphatic rings. The number of hydroxylamine groups is 1. The van der Waals surface area contributed by atoms with Crippen molar-refractivity contribution in [3.05, 3.63) is 24.8 Å². The molecule has 0 saturated heterocycles. The molecule has 6 heteroatoms. The first-order chi connectivity index (χ1) is 9.25. The lowest BCUT2D eigenvalue weighted by molar-refractivity contribution is 0.212. The van der Waals surface area contributed by atoms with Crippen molar-refractivity contribution in [2.45, 2.75) is 31.8 Å². The van der Waals surface area contributed by atoms with E-state index in [4.69, 9.17) is 0 Å². The monoisotopic (exact) mass is 257 g/mol. The molecule has 1 saturated carbocycles. The molecule has 6 nitrogen and oxygen atoms in total. The molecule has 2 aromatic heterocycles. The Morgan fingerprint density at radius 2 is 2.11 bits per heavy atom. The average Bonchev–Trinajstić information content (AvgIpc) is 3.14. The molecule has 98 valence electrons. The van der Waals surface area contributed by atoms with E-state index in [1.54, 1.807) is 6.33 Å². The molecule has 1 fully saturated rings. The van der Waals surface area contributed by atoms with Crippen molar-refractivity contribution in [2.75, 3.05) is 5.06 Å². The summed E-state index contributed by atoms with van der Waals surface area (Å²) in [6, 6.07) is -0.0262. The highest BCUT2D eigenvalue weighted by Crippen LogP contribution is 2.41. The van der Waals surface area contributed by atoms with E-state index in [-0.39, 0.29) is 6.04 Å². The van der Waals surface area contributed by atoms with Gasteiger partial charge >= 0.3 is 0 Å². The van der Waals surface area contributed by atoms with Gasteiger partial charge in [-0.1, -0.05) is 12.2 Å². The molecule has 0 spiro atoms. The predicted octanol–water partition coefficient (Wildman–Crippen LogP) is 1.76. The van der Waals surface area contributed by atoms with Crippen molar-refractivity contribution >= 4 is 17.0 Å². The molecule has 3 heterocycles. The normalized spacial score (nSPS) is 23.5. The van der Waals surface area contributed by atoms with E-state index in [0.29, 0.717) is 17.4 Å². The smallest absolute Gasteiger partial charge is 0.183 e. The van der Waals surface area contributed by atoms with Crippen LogP contribution in [0, 0.1) is 5.92 Å². The maximum atomic E-state index is 10.6. The molecule has 1 atom stereocenters. The van der Waals surface area contributed by atoms with Gasteiger partial charge in [0.2, 0.25) is 0 Å². The van der Waals surface area contributed by atoms with Crippen LogP contribution in [0.25, 0.3) is 11.2 Å². The third kappa shape index (κ3) is 1.56. The lowest BCUT2D eigenvalue weighted by Crippen LogP contribution is -2.37. The zero-order valence-corrected chi connectivity index (χ0v) is 10.5. The van der Waals surface area contributed by atoms with Crippen LogP contribution in [-0.4, -0.2) is 30.8 Å². The summed E-state index contributed by atoms with van der Waals surface area (Å²) in [5.74, 6) is 1.04. The van der Waals surface area contributed by atoms with Crippen molar-refractivity contribution in [3.8, 4) is 0 Å². The van der Waals surface area contributed by atoms with Crippen molar-refractivity contribution in [3.63, 3.8) is 0 Å². The molecule has 0 aromatic carbocycles. The lowest BCUT2D eigenvalue weighted by atomic mass is 9.99. The summed E-state index contributed by atoms with van der Waals surface area (Å²) in [5.41, 5.74) is 2.50. The molecular formula is C13H15N5O. The molecule has 0 bridgehead atoms. The van der Waals surface area contributed by atoms with Crippen LogP contribution in [0.2, 0.25) is 0 Å². The van der Waals surface area contributed by atoms with E-state index in [1.165, 1.54) is 11.4 Å². The van der Waals surface area contributed by atoms with Crippen LogP contribution in [0.5, 0.6) is 0 Å². The van der Waals surface area contributed by atoms with Gasteiger partial charge in [0.05, 0.1) is 12.4 Å². The van der Waals surface area contributed by atoms with Gasteiger partial charge in [-0.3, -0.25) is 5.21 Å². The molecule has 0 radical (unpaired) electrons. The number of hydrogen-bond donors (Lipinski definition) is 1. The van der Waals surface area contributed by atoms with Gasteiger partial charge in [-0.05, 0) is 25.2 Å². The van der Waals surface area contributed by atoms with Crippen LogP contribution in [0.15, 0.2) is 24.8 Å². The highest BCUT2D eigenvalue weighted by atomic mass is 16.5. The fourth-order valence-electron chi connectivity index (χ4n) is 2.89. The Labute approximate surface area is 110 Å². The number of rotatable bonds is 1. The minimum absolute atomic E-state index is 0.0262. The van der Waals surface area contributed by atoms with E-state index in [1.807, 2.05) is 4.57 Å². The number of hydrogen-bond acceptors (Lipinski definition) is 5. The second kappa shape index (κ2) is 3.77. The summed E-state index contributed by atoms with van der Waals surface area (Å²) < 4.78 is 1.99. The number of imidazole rings is 1. The second-order valence-electron chi connectivity index (χ2n) is 5.34. The summed E-state index contributed by atoms with van der Waals surface area (Å²) in [6.07, 6.45) is 6.34. The van der Waals surface area contributed by atoms with E-state index >= 15 is 0 Å². The van der Waals surface area contributed by atoms with Crippen molar-refractivity contribution in [1.82, 2.24) is 19.5 Å². The van der Waals surface area contributed by atoms with Crippen LogP contribution in [0.4, 0.5) is 5.82 Å². The summed E-state index contributed by atoms with van der Waals surface area (Å²) in [6.45, 7) is 4.96. The Morgan fingerprint density at radius 1 is 1.26 bits per heavy atom. The fourth-order valence-corrected chi connectivity index (χ4v) is 2.89. The van der Waals surface area contributed by atoms with E-state index in [0.717, 1.165) is 36.9 Å². The third-order valence-electron chi connectivity index (χ3n) is 4.03. The van der Waals surface area contributed by atoms with Gasteiger partial charge in [-0.2, -0.15) is 0 Å². The number of nitrogens with zero attached hydrogens (tertiary/aromatic N) is 5. The first-order valence-corrected chi connectivity index (χ1v) is 6.57. The highest BCUT2D eigenvalue weighted by Gasteiger charge is 2.39. The first-order valence-electron chi connectivity index (χ1n) is 6.57. The number of anilines is 1. The third-order valence-corrected chi connectivity index (χ3v) is 4.03. The van der Waals surface area contributed by atoms with Crippen LogP contribution in [0.1, 0.15) is 19.3 Å². The zero-order chi connectivity index (χ0) is 13.0. The molecule has 19 heavy (non-hydrogen) atoms. The predicted molar refractivity (Wildman–Crippen MR) is 69.9 cm³/mol. The Balaban J connectivity index is 1.92. The number of aromatic nitrogens is 4. The van der Waals surface area contributed by atoms with Crippen LogP contribution < -0.4 is 5.06 Å². The Bertz CT molecular complexity index is 660. The van der Waals surface area contributed by atoms with Crippen molar-refractivity contribution < 1.29 is 5.21 Å². The van der Waals surface area contributed by atoms with Gasteiger partial charge in [-0.25, -0.2) is 20.0 Å². The van der Waals surface area contributed by atoms with E-state index < -0.39 is 0 Å².